The van der Waals surface area contributed by atoms with E-state index in [1.165, 1.54) is 0 Å². The lowest BCUT2D eigenvalue weighted by atomic mass is 9.79. The monoisotopic (exact) mass is 288 g/mol. The number of hydrogen-bond donors (Lipinski definition) is 1. The van der Waals surface area contributed by atoms with Crippen LogP contribution in [-0.2, 0) is 0 Å². The summed E-state index contributed by atoms with van der Waals surface area (Å²) in [5.74, 6) is 0.435. The number of aliphatic hydroxyl groups is 1. The SMILES string of the molecule is CCC(C)C(c1ccccc1)C(O)c1ccccc1Cl. The number of hydrogen-bond acceptors (Lipinski definition) is 1. The van der Waals surface area contributed by atoms with Crippen molar-refractivity contribution in [3.8, 4) is 0 Å². The first-order valence-electron chi connectivity index (χ1n) is 7.12. The molecule has 0 aliphatic carbocycles. The predicted octanol–water partition coefficient (Wildman–Crippen LogP) is 5.20. The van der Waals surface area contributed by atoms with Gasteiger partial charge in [0, 0.05) is 10.9 Å². The van der Waals surface area contributed by atoms with Crippen LogP contribution in [0, 0.1) is 5.92 Å². The Hall–Kier alpha value is -1.31. The lowest BCUT2D eigenvalue weighted by Crippen LogP contribution is -2.18. The topological polar surface area (TPSA) is 20.2 Å². The standard InChI is InChI=1S/C18H21ClO/c1-3-13(2)17(14-9-5-4-6-10-14)18(20)15-11-7-8-12-16(15)19/h4-13,17-18,20H,3H2,1-2H3. The molecule has 3 unspecified atom stereocenters. The van der Waals surface area contributed by atoms with Crippen molar-refractivity contribution in [2.24, 2.45) is 5.92 Å². The van der Waals surface area contributed by atoms with Crippen molar-refractivity contribution in [2.75, 3.05) is 0 Å². The molecule has 2 heteroatoms. The zero-order chi connectivity index (χ0) is 14.5. The minimum atomic E-state index is -0.582. The van der Waals surface area contributed by atoms with E-state index in [1.54, 1.807) is 0 Å². The molecule has 0 amide bonds. The maximum absolute atomic E-state index is 10.8. The molecular weight excluding hydrogens is 268 g/mol. The molecule has 3 atom stereocenters. The van der Waals surface area contributed by atoms with Gasteiger partial charge in [0.15, 0.2) is 0 Å². The fraction of sp³-hybridized carbons (Fsp3) is 0.333. The van der Waals surface area contributed by atoms with Crippen molar-refractivity contribution in [3.63, 3.8) is 0 Å². The van der Waals surface area contributed by atoms with E-state index in [0.717, 1.165) is 17.5 Å². The van der Waals surface area contributed by atoms with Crippen molar-refractivity contribution in [1.82, 2.24) is 0 Å². The molecular formula is C18H21ClO. The van der Waals surface area contributed by atoms with Gasteiger partial charge in [0.05, 0.1) is 6.10 Å². The van der Waals surface area contributed by atoms with Crippen molar-refractivity contribution in [3.05, 3.63) is 70.7 Å². The third kappa shape index (κ3) is 3.23. The highest BCUT2D eigenvalue weighted by Crippen LogP contribution is 2.40. The van der Waals surface area contributed by atoms with Gasteiger partial charge in [-0.25, -0.2) is 0 Å². The summed E-state index contributed by atoms with van der Waals surface area (Å²) in [5, 5.41) is 11.5. The van der Waals surface area contributed by atoms with Gasteiger partial charge in [0.25, 0.3) is 0 Å². The Bertz CT molecular complexity index is 538. The summed E-state index contributed by atoms with van der Waals surface area (Å²) in [7, 11) is 0. The fourth-order valence-electron chi connectivity index (χ4n) is 2.66. The summed E-state index contributed by atoms with van der Waals surface area (Å²) in [5.41, 5.74) is 1.97. The van der Waals surface area contributed by atoms with Crippen LogP contribution in [0.4, 0.5) is 0 Å². The van der Waals surface area contributed by atoms with Crippen LogP contribution in [0.3, 0.4) is 0 Å². The van der Waals surface area contributed by atoms with E-state index in [-0.39, 0.29) is 5.92 Å². The van der Waals surface area contributed by atoms with E-state index in [9.17, 15) is 5.11 Å². The van der Waals surface area contributed by atoms with Gasteiger partial charge in [-0.3, -0.25) is 0 Å². The van der Waals surface area contributed by atoms with Gasteiger partial charge in [-0.2, -0.15) is 0 Å². The van der Waals surface area contributed by atoms with Crippen LogP contribution in [0.1, 0.15) is 43.4 Å². The molecule has 0 bridgehead atoms. The smallest absolute Gasteiger partial charge is 0.0875 e. The van der Waals surface area contributed by atoms with Gasteiger partial charge in [-0.1, -0.05) is 80.4 Å². The molecule has 106 valence electrons. The maximum Gasteiger partial charge on any atom is 0.0875 e. The second kappa shape index (κ2) is 6.92. The minimum Gasteiger partial charge on any atom is -0.388 e. The fourth-order valence-corrected chi connectivity index (χ4v) is 2.91. The molecule has 1 N–H and O–H groups in total. The molecule has 0 spiro atoms. The van der Waals surface area contributed by atoms with Crippen LogP contribution < -0.4 is 0 Å². The first-order chi connectivity index (χ1) is 9.65. The minimum absolute atomic E-state index is 0.0566. The van der Waals surface area contributed by atoms with Crippen LogP contribution in [0.2, 0.25) is 5.02 Å². The Balaban J connectivity index is 2.40. The highest BCUT2D eigenvalue weighted by molar-refractivity contribution is 6.31. The van der Waals surface area contributed by atoms with Crippen LogP contribution in [-0.4, -0.2) is 5.11 Å². The van der Waals surface area contributed by atoms with Crippen molar-refractivity contribution < 1.29 is 5.11 Å². The second-order valence-electron chi connectivity index (χ2n) is 5.29. The first-order valence-corrected chi connectivity index (χ1v) is 7.50. The summed E-state index contributed by atoms with van der Waals surface area (Å²) in [6.07, 6.45) is 0.433. The predicted molar refractivity (Wildman–Crippen MR) is 85.0 cm³/mol. The Morgan fingerprint density at radius 1 is 1.00 bits per heavy atom. The molecule has 2 aromatic rings. The largest absolute Gasteiger partial charge is 0.388 e. The van der Waals surface area contributed by atoms with Gasteiger partial charge < -0.3 is 5.11 Å². The average Bonchev–Trinajstić information content (AvgIpc) is 2.48. The van der Waals surface area contributed by atoms with Crippen molar-refractivity contribution in [2.45, 2.75) is 32.3 Å². The highest BCUT2D eigenvalue weighted by Gasteiger charge is 2.28. The quantitative estimate of drug-likeness (QED) is 0.801. The first kappa shape index (κ1) is 15.1. The van der Waals surface area contributed by atoms with Crippen molar-refractivity contribution in [1.29, 1.82) is 0 Å². The van der Waals surface area contributed by atoms with E-state index >= 15 is 0 Å². The molecule has 0 heterocycles. The van der Waals surface area contributed by atoms with Gasteiger partial charge in [0.1, 0.15) is 0 Å². The molecule has 0 aromatic heterocycles. The van der Waals surface area contributed by atoms with Crippen molar-refractivity contribution >= 4 is 11.6 Å². The molecule has 2 rings (SSSR count). The summed E-state index contributed by atoms with van der Waals surface area (Å²) >= 11 is 6.24. The van der Waals surface area contributed by atoms with Gasteiger partial charge >= 0.3 is 0 Å². The Kier molecular flexibility index (Phi) is 5.22. The van der Waals surface area contributed by atoms with E-state index in [1.807, 2.05) is 42.5 Å². The number of rotatable bonds is 5. The second-order valence-corrected chi connectivity index (χ2v) is 5.70. The molecule has 0 aliphatic rings. The normalized spacial score (nSPS) is 15.6. The third-order valence-electron chi connectivity index (χ3n) is 4.01. The molecule has 2 aromatic carbocycles. The Labute approximate surface area is 126 Å². The number of benzene rings is 2. The molecule has 0 fully saturated rings. The van der Waals surface area contributed by atoms with Crippen LogP contribution in [0.25, 0.3) is 0 Å². The molecule has 20 heavy (non-hydrogen) atoms. The summed E-state index contributed by atoms with van der Waals surface area (Å²) in [6.45, 7) is 4.33. The summed E-state index contributed by atoms with van der Waals surface area (Å²) < 4.78 is 0. The van der Waals surface area contributed by atoms with E-state index in [2.05, 4.69) is 26.0 Å². The Morgan fingerprint density at radius 3 is 2.20 bits per heavy atom. The van der Waals surface area contributed by atoms with E-state index < -0.39 is 6.10 Å². The van der Waals surface area contributed by atoms with Crippen LogP contribution >= 0.6 is 11.6 Å². The molecule has 0 aliphatic heterocycles. The zero-order valence-corrected chi connectivity index (χ0v) is 12.7. The average molecular weight is 289 g/mol. The third-order valence-corrected chi connectivity index (χ3v) is 4.35. The molecule has 0 saturated heterocycles. The zero-order valence-electron chi connectivity index (χ0n) is 12.0. The van der Waals surface area contributed by atoms with Gasteiger partial charge in [-0.15, -0.1) is 0 Å². The number of aliphatic hydroxyl groups excluding tert-OH is 1. The van der Waals surface area contributed by atoms with Gasteiger partial charge in [0.2, 0.25) is 0 Å². The molecule has 0 radical (unpaired) electrons. The van der Waals surface area contributed by atoms with Crippen LogP contribution in [0.5, 0.6) is 0 Å². The Morgan fingerprint density at radius 2 is 1.60 bits per heavy atom. The molecule has 1 nitrogen and oxygen atoms in total. The van der Waals surface area contributed by atoms with E-state index in [4.69, 9.17) is 11.6 Å². The van der Waals surface area contributed by atoms with Gasteiger partial charge in [-0.05, 0) is 23.1 Å². The molecule has 0 saturated carbocycles. The lowest BCUT2D eigenvalue weighted by Gasteiger charge is -2.29. The highest BCUT2D eigenvalue weighted by atomic mass is 35.5. The van der Waals surface area contributed by atoms with E-state index in [0.29, 0.717) is 10.9 Å². The van der Waals surface area contributed by atoms with Crippen LogP contribution in [0.15, 0.2) is 54.6 Å². The summed E-state index contributed by atoms with van der Waals surface area (Å²) in [4.78, 5) is 0. The number of halogens is 1. The summed E-state index contributed by atoms with van der Waals surface area (Å²) in [6, 6.07) is 17.7. The maximum atomic E-state index is 10.8. The lowest BCUT2D eigenvalue weighted by molar-refractivity contribution is 0.118.